The zero-order valence-electron chi connectivity index (χ0n) is 11.9. The molecule has 0 heterocycles. The molecule has 0 saturated heterocycles. The van der Waals surface area contributed by atoms with Crippen molar-refractivity contribution in [3.8, 4) is 0 Å². The Morgan fingerprint density at radius 1 is 1.05 bits per heavy atom. The number of hydrogen-bond acceptors (Lipinski definition) is 3. The Morgan fingerprint density at radius 3 is 1.86 bits per heavy atom. The highest BCUT2D eigenvalue weighted by Crippen LogP contribution is 2.57. The van der Waals surface area contributed by atoms with Gasteiger partial charge in [-0.15, -0.1) is 0 Å². The summed E-state index contributed by atoms with van der Waals surface area (Å²) in [5, 5.41) is 21.3. The van der Waals surface area contributed by atoms with Gasteiger partial charge >= 0.3 is 12.1 Å². The van der Waals surface area contributed by atoms with Crippen molar-refractivity contribution in [2.75, 3.05) is 0 Å². The highest BCUT2D eigenvalue weighted by molar-refractivity contribution is 5.46. The standard InChI is InChI=1S/C13H14F5NO3/c1-10(2,3)11(20,12(14,15)13(16,17)18)8-6-4-5-7-9(8)19(21)22/h4-7,20H,1-3H3. The van der Waals surface area contributed by atoms with Crippen LogP contribution in [0.2, 0.25) is 0 Å². The van der Waals surface area contributed by atoms with Crippen LogP contribution in [-0.2, 0) is 5.60 Å². The van der Waals surface area contributed by atoms with E-state index in [-0.39, 0.29) is 0 Å². The summed E-state index contributed by atoms with van der Waals surface area (Å²) in [6, 6.07) is 3.61. The van der Waals surface area contributed by atoms with Crippen molar-refractivity contribution in [1.29, 1.82) is 0 Å². The molecule has 124 valence electrons. The van der Waals surface area contributed by atoms with Crippen LogP contribution in [0.4, 0.5) is 27.6 Å². The average Bonchev–Trinajstić information content (AvgIpc) is 2.34. The quantitative estimate of drug-likeness (QED) is 0.518. The zero-order chi connectivity index (χ0) is 17.6. The van der Waals surface area contributed by atoms with Crippen LogP contribution in [-0.4, -0.2) is 22.1 Å². The summed E-state index contributed by atoms with van der Waals surface area (Å²) in [5.74, 6) is -5.59. The minimum Gasteiger partial charge on any atom is -0.378 e. The first-order valence-corrected chi connectivity index (χ1v) is 6.08. The lowest BCUT2D eigenvalue weighted by molar-refractivity contribution is -0.395. The maximum Gasteiger partial charge on any atom is 0.456 e. The van der Waals surface area contributed by atoms with E-state index in [0.717, 1.165) is 39.0 Å². The third-order valence-corrected chi connectivity index (χ3v) is 3.39. The number of para-hydroxylation sites is 1. The monoisotopic (exact) mass is 327 g/mol. The molecule has 1 atom stereocenters. The maximum absolute atomic E-state index is 14.0. The number of hydrogen-bond donors (Lipinski definition) is 1. The predicted octanol–water partition coefficient (Wildman–Crippen LogP) is 4.03. The molecule has 0 bridgehead atoms. The Morgan fingerprint density at radius 2 is 1.50 bits per heavy atom. The summed E-state index contributed by atoms with van der Waals surface area (Å²) >= 11 is 0. The molecule has 1 unspecified atom stereocenters. The first-order valence-electron chi connectivity index (χ1n) is 6.08. The third kappa shape index (κ3) is 2.53. The molecule has 0 aliphatic carbocycles. The lowest BCUT2D eigenvalue weighted by Crippen LogP contribution is -2.61. The minimum atomic E-state index is -6.08. The lowest BCUT2D eigenvalue weighted by Gasteiger charge is -2.45. The van der Waals surface area contributed by atoms with Crippen molar-refractivity contribution < 1.29 is 32.0 Å². The van der Waals surface area contributed by atoms with Crippen molar-refractivity contribution in [1.82, 2.24) is 0 Å². The third-order valence-electron chi connectivity index (χ3n) is 3.39. The van der Waals surface area contributed by atoms with Crippen molar-refractivity contribution in [2.45, 2.75) is 38.5 Å². The molecule has 0 spiro atoms. The van der Waals surface area contributed by atoms with Crippen LogP contribution < -0.4 is 0 Å². The second-order valence-corrected chi connectivity index (χ2v) is 5.81. The highest BCUT2D eigenvalue weighted by Gasteiger charge is 2.74. The molecule has 1 rings (SSSR count). The van der Waals surface area contributed by atoms with Gasteiger partial charge in [0.05, 0.1) is 10.5 Å². The summed E-state index contributed by atoms with van der Waals surface area (Å²) in [6.07, 6.45) is -6.08. The van der Waals surface area contributed by atoms with Gasteiger partial charge in [0.2, 0.25) is 0 Å². The number of nitrogens with zero attached hydrogens (tertiary/aromatic N) is 1. The Balaban J connectivity index is 3.82. The lowest BCUT2D eigenvalue weighted by atomic mass is 9.67. The van der Waals surface area contributed by atoms with Gasteiger partial charge < -0.3 is 5.11 Å². The molecule has 1 N–H and O–H groups in total. The fourth-order valence-corrected chi connectivity index (χ4v) is 2.19. The number of rotatable bonds is 3. The molecular weight excluding hydrogens is 313 g/mol. The molecule has 0 aliphatic rings. The fourth-order valence-electron chi connectivity index (χ4n) is 2.19. The van der Waals surface area contributed by atoms with E-state index in [1.807, 2.05) is 0 Å². The van der Waals surface area contributed by atoms with E-state index in [2.05, 4.69) is 0 Å². The predicted molar refractivity (Wildman–Crippen MR) is 67.5 cm³/mol. The number of alkyl halides is 5. The highest BCUT2D eigenvalue weighted by atomic mass is 19.4. The fraction of sp³-hybridized carbons (Fsp3) is 0.538. The van der Waals surface area contributed by atoms with Gasteiger partial charge in [-0.1, -0.05) is 32.9 Å². The minimum absolute atomic E-state index is 0.697. The first kappa shape index (κ1) is 18.3. The smallest absolute Gasteiger partial charge is 0.378 e. The SMILES string of the molecule is CC(C)(C)C(O)(c1ccccc1[N+](=O)[O-])C(F)(F)C(F)(F)F. The molecule has 0 saturated carbocycles. The van der Waals surface area contributed by atoms with E-state index in [9.17, 15) is 37.2 Å². The Hall–Kier alpha value is -1.77. The van der Waals surface area contributed by atoms with Crippen LogP contribution >= 0.6 is 0 Å². The van der Waals surface area contributed by atoms with Crippen molar-refractivity contribution >= 4 is 5.69 Å². The van der Waals surface area contributed by atoms with Gasteiger partial charge in [0.15, 0.2) is 5.60 Å². The topological polar surface area (TPSA) is 63.4 Å². The molecule has 0 aromatic heterocycles. The molecular formula is C13H14F5NO3. The molecule has 1 aromatic rings. The average molecular weight is 327 g/mol. The van der Waals surface area contributed by atoms with Crippen LogP contribution in [0.3, 0.4) is 0 Å². The molecule has 0 fully saturated rings. The van der Waals surface area contributed by atoms with Gasteiger partial charge in [0, 0.05) is 11.5 Å². The Labute approximate surface area is 122 Å². The van der Waals surface area contributed by atoms with Crippen LogP contribution in [0.15, 0.2) is 24.3 Å². The molecule has 22 heavy (non-hydrogen) atoms. The van der Waals surface area contributed by atoms with E-state index >= 15 is 0 Å². The maximum atomic E-state index is 14.0. The van der Waals surface area contributed by atoms with E-state index in [1.165, 1.54) is 0 Å². The molecule has 1 aromatic carbocycles. The van der Waals surface area contributed by atoms with E-state index in [4.69, 9.17) is 0 Å². The molecule has 4 nitrogen and oxygen atoms in total. The van der Waals surface area contributed by atoms with Gasteiger partial charge in [-0.25, -0.2) is 0 Å². The van der Waals surface area contributed by atoms with Gasteiger partial charge in [-0.3, -0.25) is 10.1 Å². The van der Waals surface area contributed by atoms with Crippen molar-refractivity contribution in [3.63, 3.8) is 0 Å². The summed E-state index contributed by atoms with van der Waals surface area (Å²) < 4.78 is 66.4. The second kappa shape index (κ2) is 5.15. The molecule has 0 amide bonds. The number of aliphatic hydroxyl groups is 1. The zero-order valence-corrected chi connectivity index (χ0v) is 11.9. The molecule has 0 aliphatic heterocycles. The van der Waals surface area contributed by atoms with Gasteiger partial charge in [0.1, 0.15) is 0 Å². The van der Waals surface area contributed by atoms with Crippen LogP contribution in [0.5, 0.6) is 0 Å². The van der Waals surface area contributed by atoms with Gasteiger partial charge in [-0.05, 0) is 6.07 Å². The van der Waals surface area contributed by atoms with E-state index < -0.39 is 39.3 Å². The first-order chi connectivity index (χ1) is 9.68. The number of halogens is 5. The number of benzene rings is 1. The van der Waals surface area contributed by atoms with E-state index in [1.54, 1.807) is 0 Å². The normalized spacial score (nSPS) is 16.2. The summed E-state index contributed by atoms with van der Waals surface area (Å²) in [6.45, 7) is 2.84. The van der Waals surface area contributed by atoms with Crippen molar-refractivity contribution in [3.05, 3.63) is 39.9 Å². The van der Waals surface area contributed by atoms with Gasteiger partial charge in [0.25, 0.3) is 5.69 Å². The van der Waals surface area contributed by atoms with Crippen LogP contribution in [0.25, 0.3) is 0 Å². The van der Waals surface area contributed by atoms with Gasteiger partial charge in [-0.2, -0.15) is 22.0 Å². The number of nitro benzene ring substituents is 1. The molecule has 0 radical (unpaired) electrons. The Kier molecular flexibility index (Phi) is 4.28. The van der Waals surface area contributed by atoms with Crippen LogP contribution in [0.1, 0.15) is 26.3 Å². The number of nitro groups is 1. The van der Waals surface area contributed by atoms with Crippen LogP contribution in [0, 0.1) is 15.5 Å². The largest absolute Gasteiger partial charge is 0.456 e. The second-order valence-electron chi connectivity index (χ2n) is 5.81. The Bertz CT molecular complexity index is 580. The summed E-state index contributed by atoms with van der Waals surface area (Å²) in [5.41, 5.74) is -7.96. The van der Waals surface area contributed by atoms with Crippen molar-refractivity contribution in [2.24, 2.45) is 5.41 Å². The molecule has 9 heteroatoms. The van der Waals surface area contributed by atoms with E-state index in [0.29, 0.717) is 6.07 Å². The summed E-state index contributed by atoms with van der Waals surface area (Å²) in [7, 11) is 0. The summed E-state index contributed by atoms with van der Waals surface area (Å²) in [4.78, 5) is 9.83.